The van der Waals surface area contributed by atoms with E-state index in [4.69, 9.17) is 0 Å². The molecule has 1 aliphatic rings. The maximum absolute atomic E-state index is 13.4. The molecule has 0 spiro atoms. The minimum atomic E-state index is -0.431. The SMILES string of the molecule is CC(=O)Nc1ccc(C2=C(N(C)CCO)C(=O)N(c3ccc(C(C)C)cc3)C2=O)cc1. The molecule has 2 N–H and O–H groups in total. The zero-order valence-electron chi connectivity index (χ0n) is 18.2. The highest BCUT2D eigenvalue weighted by Gasteiger charge is 2.41. The maximum atomic E-state index is 13.4. The van der Waals surface area contributed by atoms with Gasteiger partial charge in [0.25, 0.3) is 11.8 Å². The van der Waals surface area contributed by atoms with Crippen LogP contribution in [0.2, 0.25) is 0 Å². The van der Waals surface area contributed by atoms with Crippen LogP contribution in [0.3, 0.4) is 0 Å². The number of carbonyl (C=O) groups excluding carboxylic acids is 3. The minimum Gasteiger partial charge on any atom is -0.395 e. The van der Waals surface area contributed by atoms with Crippen molar-refractivity contribution in [2.24, 2.45) is 0 Å². The monoisotopic (exact) mass is 421 g/mol. The normalized spacial score (nSPS) is 13.9. The third-order valence-electron chi connectivity index (χ3n) is 5.19. The number of amides is 3. The van der Waals surface area contributed by atoms with Gasteiger partial charge in [-0.05, 0) is 41.3 Å². The Morgan fingerprint density at radius 3 is 2.16 bits per heavy atom. The summed E-state index contributed by atoms with van der Waals surface area (Å²) in [6.45, 7) is 5.63. The van der Waals surface area contributed by atoms with E-state index in [0.29, 0.717) is 22.9 Å². The van der Waals surface area contributed by atoms with Crippen molar-refractivity contribution >= 4 is 34.7 Å². The first kappa shape index (κ1) is 22.2. The molecule has 0 bridgehead atoms. The number of nitrogens with one attached hydrogen (secondary N) is 1. The first-order valence-electron chi connectivity index (χ1n) is 10.2. The first-order valence-corrected chi connectivity index (χ1v) is 10.2. The Morgan fingerprint density at radius 2 is 1.65 bits per heavy atom. The standard InChI is InChI=1S/C24H27N3O4/c1-15(2)17-7-11-20(12-8-17)27-23(30)21(22(24(27)31)26(4)13-14-28)18-5-9-19(10-6-18)25-16(3)29/h5-12,15,28H,13-14H2,1-4H3,(H,25,29). The van der Waals surface area contributed by atoms with E-state index >= 15 is 0 Å². The Kier molecular flexibility index (Phi) is 6.56. The summed E-state index contributed by atoms with van der Waals surface area (Å²) < 4.78 is 0. The van der Waals surface area contributed by atoms with E-state index in [9.17, 15) is 19.5 Å². The molecule has 2 aromatic rings. The molecule has 0 aromatic heterocycles. The van der Waals surface area contributed by atoms with E-state index in [1.54, 1.807) is 48.3 Å². The van der Waals surface area contributed by atoms with Crippen LogP contribution in [0.1, 0.15) is 37.8 Å². The van der Waals surface area contributed by atoms with Gasteiger partial charge in [-0.3, -0.25) is 14.4 Å². The van der Waals surface area contributed by atoms with E-state index in [2.05, 4.69) is 19.2 Å². The van der Waals surface area contributed by atoms with E-state index in [0.717, 1.165) is 5.56 Å². The number of hydrogen-bond acceptors (Lipinski definition) is 5. The van der Waals surface area contributed by atoms with Gasteiger partial charge in [0.2, 0.25) is 5.91 Å². The zero-order chi connectivity index (χ0) is 22.7. The van der Waals surface area contributed by atoms with E-state index < -0.39 is 11.8 Å². The van der Waals surface area contributed by atoms with Crippen molar-refractivity contribution < 1.29 is 19.5 Å². The molecule has 1 heterocycles. The van der Waals surface area contributed by atoms with Gasteiger partial charge in [-0.15, -0.1) is 0 Å². The van der Waals surface area contributed by atoms with Gasteiger partial charge in [-0.25, -0.2) is 4.90 Å². The van der Waals surface area contributed by atoms with Gasteiger partial charge in [0.15, 0.2) is 0 Å². The molecule has 0 aliphatic carbocycles. The summed E-state index contributed by atoms with van der Waals surface area (Å²) >= 11 is 0. The Balaban J connectivity index is 2.03. The number of carbonyl (C=O) groups is 3. The molecule has 162 valence electrons. The van der Waals surface area contributed by atoms with Gasteiger partial charge >= 0.3 is 0 Å². The summed E-state index contributed by atoms with van der Waals surface area (Å²) in [6.07, 6.45) is 0. The highest BCUT2D eigenvalue weighted by atomic mass is 16.3. The van der Waals surface area contributed by atoms with Gasteiger partial charge < -0.3 is 15.3 Å². The van der Waals surface area contributed by atoms with E-state index in [-0.39, 0.29) is 30.3 Å². The molecule has 0 unspecified atom stereocenters. The number of aliphatic hydroxyl groups is 1. The van der Waals surface area contributed by atoms with Crippen molar-refractivity contribution in [3.8, 4) is 0 Å². The van der Waals surface area contributed by atoms with Crippen LogP contribution in [0.25, 0.3) is 5.57 Å². The fourth-order valence-electron chi connectivity index (χ4n) is 3.56. The molecular formula is C24H27N3O4. The quantitative estimate of drug-likeness (QED) is 0.671. The zero-order valence-corrected chi connectivity index (χ0v) is 18.2. The molecule has 7 heteroatoms. The lowest BCUT2D eigenvalue weighted by atomic mass is 10.0. The van der Waals surface area contributed by atoms with Gasteiger partial charge in [-0.1, -0.05) is 38.1 Å². The van der Waals surface area contributed by atoms with Crippen molar-refractivity contribution in [3.05, 3.63) is 65.4 Å². The molecule has 3 amide bonds. The van der Waals surface area contributed by atoms with E-state index in [1.165, 1.54) is 11.8 Å². The fourth-order valence-corrected chi connectivity index (χ4v) is 3.56. The highest BCUT2D eigenvalue weighted by molar-refractivity contribution is 6.45. The summed E-state index contributed by atoms with van der Waals surface area (Å²) in [5, 5.41) is 12.1. The number of hydrogen-bond donors (Lipinski definition) is 2. The van der Waals surface area contributed by atoms with Gasteiger partial charge in [0.05, 0.1) is 17.9 Å². The third-order valence-corrected chi connectivity index (χ3v) is 5.19. The molecular weight excluding hydrogens is 394 g/mol. The van der Waals surface area contributed by atoms with E-state index in [1.807, 2.05) is 12.1 Å². The number of imide groups is 1. The molecule has 2 aromatic carbocycles. The predicted molar refractivity (Wildman–Crippen MR) is 120 cm³/mol. The minimum absolute atomic E-state index is 0.153. The summed E-state index contributed by atoms with van der Waals surface area (Å²) in [7, 11) is 1.67. The van der Waals surface area contributed by atoms with Crippen molar-refractivity contribution in [1.82, 2.24) is 4.90 Å². The average Bonchev–Trinajstić information content (AvgIpc) is 2.98. The number of nitrogens with zero attached hydrogens (tertiary/aromatic N) is 2. The maximum Gasteiger partial charge on any atom is 0.282 e. The van der Waals surface area contributed by atoms with Crippen LogP contribution in [-0.4, -0.2) is 47.9 Å². The lowest BCUT2D eigenvalue weighted by Crippen LogP contribution is -2.34. The van der Waals surface area contributed by atoms with Crippen molar-refractivity contribution in [2.75, 3.05) is 30.4 Å². The molecule has 0 saturated heterocycles. The smallest absolute Gasteiger partial charge is 0.282 e. The van der Waals surface area contributed by atoms with Gasteiger partial charge in [0, 0.05) is 26.2 Å². The molecule has 7 nitrogen and oxygen atoms in total. The van der Waals surface area contributed by atoms with Crippen LogP contribution in [0.5, 0.6) is 0 Å². The molecule has 31 heavy (non-hydrogen) atoms. The second kappa shape index (κ2) is 9.14. The Bertz CT molecular complexity index is 1020. The van der Waals surface area contributed by atoms with Crippen molar-refractivity contribution in [1.29, 1.82) is 0 Å². The van der Waals surface area contributed by atoms with Crippen molar-refractivity contribution in [2.45, 2.75) is 26.7 Å². The lowest BCUT2D eigenvalue weighted by Gasteiger charge is -2.20. The van der Waals surface area contributed by atoms with Crippen LogP contribution < -0.4 is 10.2 Å². The summed E-state index contributed by atoms with van der Waals surface area (Å²) in [5.74, 6) is -0.715. The van der Waals surface area contributed by atoms with Gasteiger partial charge in [-0.2, -0.15) is 0 Å². The lowest BCUT2D eigenvalue weighted by molar-refractivity contribution is -0.120. The third kappa shape index (κ3) is 4.51. The molecule has 0 atom stereocenters. The number of benzene rings is 2. The largest absolute Gasteiger partial charge is 0.395 e. The highest BCUT2D eigenvalue weighted by Crippen LogP contribution is 2.35. The Hall–Kier alpha value is -3.45. The predicted octanol–water partition coefficient (Wildman–Crippen LogP) is 2.98. The average molecular weight is 421 g/mol. The first-order chi connectivity index (χ1) is 14.7. The fraction of sp³-hybridized carbons (Fsp3) is 0.292. The molecule has 0 radical (unpaired) electrons. The summed E-state index contributed by atoms with van der Waals surface area (Å²) in [4.78, 5) is 40.8. The van der Waals surface area contributed by atoms with Crippen LogP contribution >= 0.6 is 0 Å². The number of likely N-dealkylation sites (N-methyl/N-ethyl adjacent to an activating group) is 1. The van der Waals surface area contributed by atoms with Crippen LogP contribution in [0.4, 0.5) is 11.4 Å². The number of anilines is 2. The van der Waals surface area contributed by atoms with Crippen LogP contribution in [0, 0.1) is 0 Å². The Morgan fingerprint density at radius 1 is 1.03 bits per heavy atom. The number of rotatable bonds is 7. The molecule has 0 fully saturated rings. The van der Waals surface area contributed by atoms with Crippen molar-refractivity contribution in [3.63, 3.8) is 0 Å². The van der Waals surface area contributed by atoms with Crippen LogP contribution in [-0.2, 0) is 14.4 Å². The molecule has 0 saturated carbocycles. The molecule has 1 aliphatic heterocycles. The Labute approximate surface area is 182 Å². The topological polar surface area (TPSA) is 90.0 Å². The summed E-state index contributed by atoms with van der Waals surface area (Å²) in [5.41, 5.74) is 3.28. The summed E-state index contributed by atoms with van der Waals surface area (Å²) in [6, 6.07) is 14.1. The van der Waals surface area contributed by atoms with Crippen LogP contribution in [0.15, 0.2) is 54.2 Å². The molecule has 3 rings (SSSR count). The number of aliphatic hydroxyl groups excluding tert-OH is 1. The second-order valence-corrected chi connectivity index (χ2v) is 7.82. The second-order valence-electron chi connectivity index (χ2n) is 7.82. The van der Waals surface area contributed by atoms with Gasteiger partial charge in [0.1, 0.15) is 5.70 Å².